The molecule has 1 aromatic carbocycles. The van der Waals surface area contributed by atoms with Crippen LogP contribution in [-0.4, -0.2) is 25.6 Å². The number of amides is 3. The van der Waals surface area contributed by atoms with E-state index in [-0.39, 0.29) is 12.5 Å². The van der Waals surface area contributed by atoms with Gasteiger partial charge in [0.1, 0.15) is 12.3 Å². The van der Waals surface area contributed by atoms with E-state index in [2.05, 4.69) is 5.32 Å². The molecule has 0 saturated carbocycles. The van der Waals surface area contributed by atoms with Gasteiger partial charge in [-0.3, -0.25) is 15.0 Å². The summed E-state index contributed by atoms with van der Waals surface area (Å²) in [4.78, 5) is 23.8. The third-order valence-electron chi connectivity index (χ3n) is 2.17. The van der Waals surface area contributed by atoms with Crippen molar-refractivity contribution in [3.05, 3.63) is 24.3 Å². The second-order valence-corrected chi connectivity index (χ2v) is 3.11. The summed E-state index contributed by atoms with van der Waals surface area (Å²) in [5.41, 5.74) is 0.600. The highest BCUT2D eigenvalue weighted by Crippen LogP contribution is 2.28. The summed E-state index contributed by atoms with van der Waals surface area (Å²) >= 11 is 0. The Morgan fingerprint density at radius 1 is 1.33 bits per heavy atom. The fourth-order valence-corrected chi connectivity index (χ4v) is 1.49. The Bertz CT molecular complexity index is 417. The van der Waals surface area contributed by atoms with E-state index in [1.807, 2.05) is 0 Å². The molecule has 1 saturated heterocycles. The highest BCUT2D eigenvalue weighted by Gasteiger charge is 2.29. The Kier molecular flexibility index (Phi) is 2.29. The van der Waals surface area contributed by atoms with Gasteiger partial charge in [0.05, 0.1) is 12.8 Å². The number of nitrogens with zero attached hydrogens (tertiary/aromatic N) is 1. The molecule has 1 fully saturated rings. The van der Waals surface area contributed by atoms with Crippen LogP contribution in [0.5, 0.6) is 5.75 Å². The highest BCUT2D eigenvalue weighted by molar-refractivity contribution is 6.12. The smallest absolute Gasteiger partial charge is 0.329 e. The molecule has 1 aromatic rings. The SMILES string of the molecule is COc1ccccc1N1CC(=O)NC1=O. The topological polar surface area (TPSA) is 58.6 Å². The molecule has 3 amide bonds. The first-order valence-corrected chi connectivity index (χ1v) is 4.46. The largest absolute Gasteiger partial charge is 0.495 e. The van der Waals surface area contributed by atoms with Gasteiger partial charge in [-0.1, -0.05) is 12.1 Å². The summed E-state index contributed by atoms with van der Waals surface area (Å²) in [5.74, 6) is 0.272. The normalized spacial score (nSPS) is 15.4. The maximum atomic E-state index is 11.4. The summed E-state index contributed by atoms with van der Waals surface area (Å²) in [5, 5.41) is 2.21. The highest BCUT2D eigenvalue weighted by atomic mass is 16.5. The maximum Gasteiger partial charge on any atom is 0.329 e. The van der Waals surface area contributed by atoms with Crippen LogP contribution in [0.1, 0.15) is 0 Å². The molecule has 1 aliphatic heterocycles. The number of imide groups is 1. The Morgan fingerprint density at radius 2 is 2.07 bits per heavy atom. The molecule has 2 rings (SSSR count). The number of para-hydroxylation sites is 2. The van der Waals surface area contributed by atoms with Crippen molar-refractivity contribution in [2.75, 3.05) is 18.6 Å². The lowest BCUT2D eigenvalue weighted by Gasteiger charge is -2.16. The van der Waals surface area contributed by atoms with Gasteiger partial charge >= 0.3 is 6.03 Å². The first kappa shape index (κ1) is 9.51. The summed E-state index contributed by atoms with van der Waals surface area (Å²) in [6.45, 7) is 0.0409. The van der Waals surface area contributed by atoms with Crippen LogP contribution in [-0.2, 0) is 4.79 Å². The number of hydrogen-bond donors (Lipinski definition) is 1. The van der Waals surface area contributed by atoms with Gasteiger partial charge in [0.2, 0.25) is 5.91 Å². The number of carbonyl (C=O) groups excluding carboxylic acids is 2. The lowest BCUT2D eigenvalue weighted by molar-refractivity contribution is -0.117. The van der Waals surface area contributed by atoms with Crippen LogP contribution in [0.25, 0.3) is 0 Å². The molecule has 0 unspecified atom stereocenters. The number of nitrogens with one attached hydrogen (secondary N) is 1. The summed E-state index contributed by atoms with van der Waals surface area (Å²) < 4.78 is 5.11. The number of rotatable bonds is 2. The molecule has 15 heavy (non-hydrogen) atoms. The first-order chi connectivity index (χ1) is 7.22. The van der Waals surface area contributed by atoms with Gasteiger partial charge in [-0.15, -0.1) is 0 Å². The van der Waals surface area contributed by atoms with Crippen LogP contribution < -0.4 is 15.0 Å². The number of ether oxygens (including phenoxy) is 1. The molecule has 5 nitrogen and oxygen atoms in total. The molecule has 0 bridgehead atoms. The van der Waals surface area contributed by atoms with Crippen LogP contribution in [0.3, 0.4) is 0 Å². The standard InChI is InChI=1S/C10H10N2O3/c1-15-8-5-3-2-4-7(8)12-6-9(13)11-10(12)14/h2-5H,6H2,1H3,(H,11,13,14). The Morgan fingerprint density at radius 3 is 2.67 bits per heavy atom. The Labute approximate surface area is 86.6 Å². The van der Waals surface area contributed by atoms with Crippen LogP contribution in [0.4, 0.5) is 10.5 Å². The van der Waals surface area contributed by atoms with Gasteiger partial charge in [-0.05, 0) is 12.1 Å². The Balaban J connectivity index is 2.37. The minimum Gasteiger partial charge on any atom is -0.495 e. The number of methoxy groups -OCH3 is 1. The summed E-state index contributed by atoms with van der Waals surface area (Å²) in [7, 11) is 1.52. The number of anilines is 1. The average Bonchev–Trinajstić information content (AvgIpc) is 2.57. The number of carbonyl (C=O) groups is 2. The van der Waals surface area contributed by atoms with E-state index in [0.717, 1.165) is 0 Å². The van der Waals surface area contributed by atoms with Gasteiger partial charge in [0.25, 0.3) is 0 Å². The number of urea groups is 1. The molecule has 0 spiro atoms. The van der Waals surface area contributed by atoms with Crippen LogP contribution >= 0.6 is 0 Å². The molecule has 0 aromatic heterocycles. The third-order valence-corrected chi connectivity index (χ3v) is 2.17. The Hall–Kier alpha value is -2.04. The van der Waals surface area contributed by atoms with Crippen molar-refractivity contribution < 1.29 is 14.3 Å². The van der Waals surface area contributed by atoms with E-state index in [1.54, 1.807) is 24.3 Å². The van der Waals surface area contributed by atoms with E-state index < -0.39 is 6.03 Å². The van der Waals surface area contributed by atoms with Gasteiger partial charge in [-0.2, -0.15) is 0 Å². The summed E-state index contributed by atoms with van der Waals surface area (Å²) in [6, 6.07) is 6.65. The van der Waals surface area contributed by atoms with E-state index in [0.29, 0.717) is 11.4 Å². The molecule has 1 N–H and O–H groups in total. The molecular weight excluding hydrogens is 196 g/mol. The zero-order valence-corrected chi connectivity index (χ0v) is 8.19. The molecule has 78 valence electrons. The van der Waals surface area contributed by atoms with Crippen LogP contribution in [0.2, 0.25) is 0 Å². The van der Waals surface area contributed by atoms with Crippen molar-refractivity contribution in [3.8, 4) is 5.75 Å². The van der Waals surface area contributed by atoms with Crippen molar-refractivity contribution >= 4 is 17.6 Å². The van der Waals surface area contributed by atoms with Crippen LogP contribution in [0, 0.1) is 0 Å². The molecule has 1 heterocycles. The lowest BCUT2D eigenvalue weighted by Crippen LogP contribution is -2.28. The zero-order chi connectivity index (χ0) is 10.8. The second kappa shape index (κ2) is 3.61. The van der Waals surface area contributed by atoms with Crippen molar-refractivity contribution in [2.24, 2.45) is 0 Å². The summed E-state index contributed by atoms with van der Waals surface area (Å²) in [6.07, 6.45) is 0. The predicted octanol–water partition coefficient (Wildman–Crippen LogP) is 0.751. The molecule has 0 radical (unpaired) electrons. The molecule has 0 atom stereocenters. The van der Waals surface area contributed by atoms with Crippen molar-refractivity contribution in [1.29, 1.82) is 0 Å². The average molecular weight is 206 g/mol. The van der Waals surface area contributed by atoms with E-state index in [1.165, 1.54) is 12.0 Å². The molecular formula is C10H10N2O3. The predicted molar refractivity (Wildman–Crippen MR) is 53.9 cm³/mol. The minimum absolute atomic E-state index is 0.0409. The van der Waals surface area contributed by atoms with Gasteiger partial charge in [0, 0.05) is 0 Å². The molecule has 1 aliphatic rings. The third kappa shape index (κ3) is 1.63. The van der Waals surface area contributed by atoms with Gasteiger partial charge < -0.3 is 4.74 Å². The number of hydrogen-bond acceptors (Lipinski definition) is 3. The minimum atomic E-state index is -0.412. The zero-order valence-electron chi connectivity index (χ0n) is 8.19. The molecule has 5 heteroatoms. The van der Waals surface area contributed by atoms with Gasteiger partial charge in [-0.25, -0.2) is 4.79 Å². The van der Waals surface area contributed by atoms with Gasteiger partial charge in [0.15, 0.2) is 0 Å². The van der Waals surface area contributed by atoms with E-state index in [9.17, 15) is 9.59 Å². The van der Waals surface area contributed by atoms with Crippen molar-refractivity contribution in [2.45, 2.75) is 0 Å². The first-order valence-electron chi connectivity index (χ1n) is 4.46. The van der Waals surface area contributed by atoms with E-state index >= 15 is 0 Å². The maximum absolute atomic E-state index is 11.4. The number of benzene rings is 1. The fraction of sp³-hybridized carbons (Fsp3) is 0.200. The monoisotopic (exact) mass is 206 g/mol. The van der Waals surface area contributed by atoms with Crippen LogP contribution in [0.15, 0.2) is 24.3 Å². The van der Waals surface area contributed by atoms with Crippen molar-refractivity contribution in [3.63, 3.8) is 0 Å². The second-order valence-electron chi connectivity index (χ2n) is 3.11. The van der Waals surface area contributed by atoms with Crippen molar-refractivity contribution in [1.82, 2.24) is 5.32 Å². The van der Waals surface area contributed by atoms with E-state index in [4.69, 9.17) is 4.74 Å². The lowest BCUT2D eigenvalue weighted by atomic mass is 10.2. The fourth-order valence-electron chi connectivity index (χ4n) is 1.49. The quantitative estimate of drug-likeness (QED) is 0.726. The molecule has 0 aliphatic carbocycles.